The average molecular weight is 246 g/mol. The molecular formula is C13H14N2O3. The van der Waals surface area contributed by atoms with Gasteiger partial charge in [-0.05, 0) is 31.2 Å². The van der Waals surface area contributed by atoms with Crippen molar-refractivity contribution in [3.63, 3.8) is 0 Å². The van der Waals surface area contributed by atoms with Crippen LogP contribution in [0.15, 0.2) is 24.3 Å². The number of carbonyl (C=O) groups excluding carboxylic acids is 2. The summed E-state index contributed by atoms with van der Waals surface area (Å²) in [6, 6.07) is 5.99. The van der Waals surface area contributed by atoms with E-state index in [-0.39, 0.29) is 12.5 Å². The van der Waals surface area contributed by atoms with Gasteiger partial charge in [0, 0.05) is 5.69 Å². The van der Waals surface area contributed by atoms with E-state index in [2.05, 4.69) is 16.6 Å². The maximum Gasteiger partial charge on any atom is 0.338 e. The minimum Gasteiger partial charge on any atom is -0.462 e. The third kappa shape index (κ3) is 4.18. The van der Waals surface area contributed by atoms with Gasteiger partial charge in [-0.25, -0.2) is 9.59 Å². The van der Waals surface area contributed by atoms with Gasteiger partial charge >= 0.3 is 12.0 Å². The lowest BCUT2D eigenvalue weighted by Crippen LogP contribution is -2.28. The first-order valence-corrected chi connectivity index (χ1v) is 5.43. The lowest BCUT2D eigenvalue weighted by molar-refractivity contribution is 0.0526. The Morgan fingerprint density at radius 1 is 1.33 bits per heavy atom. The van der Waals surface area contributed by atoms with Gasteiger partial charge in [-0.1, -0.05) is 5.92 Å². The molecule has 0 fully saturated rings. The van der Waals surface area contributed by atoms with Crippen molar-refractivity contribution in [3.8, 4) is 12.3 Å². The number of nitrogens with one attached hydrogen (secondary N) is 2. The Balaban J connectivity index is 2.58. The Kier molecular flexibility index (Phi) is 5.26. The predicted molar refractivity (Wildman–Crippen MR) is 68.3 cm³/mol. The highest BCUT2D eigenvalue weighted by atomic mass is 16.5. The van der Waals surface area contributed by atoms with Gasteiger partial charge in [0.25, 0.3) is 0 Å². The van der Waals surface area contributed by atoms with Crippen molar-refractivity contribution in [2.75, 3.05) is 18.5 Å². The Labute approximate surface area is 106 Å². The molecule has 0 aliphatic rings. The van der Waals surface area contributed by atoms with Crippen molar-refractivity contribution in [3.05, 3.63) is 29.8 Å². The van der Waals surface area contributed by atoms with Crippen molar-refractivity contribution < 1.29 is 14.3 Å². The predicted octanol–water partition coefficient (Wildman–Crippen LogP) is 1.62. The number of ether oxygens (including phenoxy) is 1. The van der Waals surface area contributed by atoms with Crippen molar-refractivity contribution >= 4 is 17.7 Å². The van der Waals surface area contributed by atoms with E-state index in [4.69, 9.17) is 11.2 Å². The summed E-state index contributed by atoms with van der Waals surface area (Å²) in [6.45, 7) is 2.23. The van der Waals surface area contributed by atoms with Gasteiger partial charge in [0.05, 0.1) is 18.7 Å². The van der Waals surface area contributed by atoms with E-state index in [9.17, 15) is 9.59 Å². The summed E-state index contributed by atoms with van der Waals surface area (Å²) in [5.74, 6) is 1.90. The summed E-state index contributed by atoms with van der Waals surface area (Å²) in [6.07, 6.45) is 5.01. The van der Waals surface area contributed by atoms with Crippen LogP contribution in [0, 0.1) is 12.3 Å². The minimum absolute atomic E-state index is 0.159. The summed E-state index contributed by atoms with van der Waals surface area (Å²) in [5, 5.41) is 5.04. The fourth-order valence-corrected chi connectivity index (χ4v) is 1.21. The number of hydrogen-bond acceptors (Lipinski definition) is 3. The number of esters is 1. The Hall–Kier alpha value is -2.48. The Morgan fingerprint density at radius 3 is 2.56 bits per heavy atom. The lowest BCUT2D eigenvalue weighted by atomic mass is 10.2. The Morgan fingerprint density at radius 2 is 2.00 bits per heavy atom. The van der Waals surface area contributed by atoms with E-state index in [1.165, 1.54) is 0 Å². The van der Waals surface area contributed by atoms with Crippen LogP contribution in [0.1, 0.15) is 17.3 Å². The maximum absolute atomic E-state index is 11.4. The van der Waals surface area contributed by atoms with Crippen LogP contribution in [0.25, 0.3) is 0 Å². The van der Waals surface area contributed by atoms with Crippen LogP contribution >= 0.6 is 0 Å². The normalized spacial score (nSPS) is 9.11. The van der Waals surface area contributed by atoms with E-state index in [0.29, 0.717) is 17.9 Å². The zero-order chi connectivity index (χ0) is 13.4. The molecular weight excluding hydrogens is 232 g/mol. The molecule has 0 unspecified atom stereocenters. The molecule has 0 atom stereocenters. The molecule has 0 heterocycles. The lowest BCUT2D eigenvalue weighted by Gasteiger charge is -2.06. The smallest absolute Gasteiger partial charge is 0.338 e. The number of carbonyl (C=O) groups is 2. The fraction of sp³-hybridized carbons (Fsp3) is 0.231. The van der Waals surface area contributed by atoms with E-state index in [0.717, 1.165) is 0 Å². The average Bonchev–Trinajstić information content (AvgIpc) is 2.37. The number of anilines is 1. The molecule has 5 heteroatoms. The molecule has 0 aliphatic heterocycles. The van der Waals surface area contributed by atoms with Gasteiger partial charge in [0.2, 0.25) is 0 Å². The van der Waals surface area contributed by atoms with Crippen molar-refractivity contribution in [1.82, 2.24) is 5.32 Å². The molecule has 1 aromatic carbocycles. The number of benzene rings is 1. The molecule has 1 aromatic rings. The van der Waals surface area contributed by atoms with E-state index in [1.54, 1.807) is 31.2 Å². The van der Waals surface area contributed by atoms with Crippen LogP contribution < -0.4 is 10.6 Å². The molecule has 0 aromatic heterocycles. The first-order valence-electron chi connectivity index (χ1n) is 5.43. The first-order chi connectivity index (χ1) is 8.67. The quantitative estimate of drug-likeness (QED) is 0.626. The van der Waals surface area contributed by atoms with Crippen LogP contribution in [0.4, 0.5) is 10.5 Å². The standard InChI is InChI=1S/C13H14N2O3/c1-3-9-14-13(17)15-11-7-5-10(6-8-11)12(16)18-4-2/h1,5-8H,4,9H2,2H3,(H2,14,15,17). The van der Waals surface area contributed by atoms with Crippen molar-refractivity contribution in [2.24, 2.45) is 0 Å². The van der Waals surface area contributed by atoms with Crippen LogP contribution in [0.5, 0.6) is 0 Å². The molecule has 0 aliphatic carbocycles. The zero-order valence-electron chi connectivity index (χ0n) is 10.0. The third-order valence-corrected chi connectivity index (χ3v) is 2.00. The molecule has 0 saturated heterocycles. The van der Waals surface area contributed by atoms with Gasteiger partial charge in [0.1, 0.15) is 0 Å². The topological polar surface area (TPSA) is 67.4 Å². The summed E-state index contributed by atoms with van der Waals surface area (Å²) in [4.78, 5) is 22.7. The highest BCUT2D eigenvalue weighted by molar-refractivity contribution is 5.92. The summed E-state index contributed by atoms with van der Waals surface area (Å²) >= 11 is 0. The largest absolute Gasteiger partial charge is 0.462 e. The van der Waals surface area contributed by atoms with Crippen LogP contribution in [-0.4, -0.2) is 25.2 Å². The number of terminal acetylenes is 1. The maximum atomic E-state index is 11.4. The van der Waals surface area contributed by atoms with Crippen molar-refractivity contribution in [1.29, 1.82) is 0 Å². The summed E-state index contributed by atoms with van der Waals surface area (Å²) in [5.41, 5.74) is 1.00. The molecule has 0 saturated carbocycles. The first kappa shape index (κ1) is 13.6. The second-order valence-electron chi connectivity index (χ2n) is 3.31. The second-order valence-corrected chi connectivity index (χ2v) is 3.31. The van der Waals surface area contributed by atoms with Crippen molar-refractivity contribution in [2.45, 2.75) is 6.92 Å². The molecule has 0 radical (unpaired) electrons. The summed E-state index contributed by atoms with van der Waals surface area (Å²) < 4.78 is 4.84. The summed E-state index contributed by atoms with van der Waals surface area (Å²) in [7, 11) is 0. The van der Waals surface area contributed by atoms with E-state index < -0.39 is 6.03 Å². The van der Waals surface area contributed by atoms with E-state index >= 15 is 0 Å². The number of urea groups is 1. The molecule has 0 bridgehead atoms. The highest BCUT2D eigenvalue weighted by Gasteiger charge is 2.06. The third-order valence-electron chi connectivity index (χ3n) is 2.00. The molecule has 2 N–H and O–H groups in total. The van der Waals surface area contributed by atoms with Crippen LogP contribution in [-0.2, 0) is 4.74 Å². The molecule has 5 nitrogen and oxygen atoms in total. The monoisotopic (exact) mass is 246 g/mol. The number of hydrogen-bond donors (Lipinski definition) is 2. The zero-order valence-corrected chi connectivity index (χ0v) is 10.0. The van der Waals surface area contributed by atoms with Gasteiger partial charge in [0.15, 0.2) is 0 Å². The van der Waals surface area contributed by atoms with Gasteiger partial charge < -0.3 is 15.4 Å². The van der Waals surface area contributed by atoms with Gasteiger partial charge in [-0.15, -0.1) is 6.42 Å². The fourth-order valence-electron chi connectivity index (χ4n) is 1.21. The Bertz CT molecular complexity index is 460. The molecule has 94 valence electrons. The minimum atomic E-state index is -0.392. The number of amides is 2. The second kappa shape index (κ2) is 6.97. The molecule has 0 spiro atoms. The van der Waals surface area contributed by atoms with Gasteiger partial charge in [-0.2, -0.15) is 0 Å². The molecule has 18 heavy (non-hydrogen) atoms. The molecule has 1 rings (SSSR count). The highest BCUT2D eigenvalue weighted by Crippen LogP contribution is 2.10. The van der Waals surface area contributed by atoms with Crippen LogP contribution in [0.3, 0.4) is 0 Å². The van der Waals surface area contributed by atoms with E-state index in [1.807, 2.05) is 0 Å². The molecule has 2 amide bonds. The van der Waals surface area contributed by atoms with Gasteiger partial charge in [-0.3, -0.25) is 0 Å². The van der Waals surface area contributed by atoms with Crippen LogP contribution in [0.2, 0.25) is 0 Å². The SMILES string of the molecule is C#CCNC(=O)Nc1ccc(C(=O)OCC)cc1. The number of rotatable bonds is 4.